The maximum Gasteiger partial charge on any atom is 0.228 e. The lowest BCUT2D eigenvalue weighted by Gasteiger charge is -2.17. The average Bonchev–Trinajstić information content (AvgIpc) is 2.27. The van der Waals surface area contributed by atoms with Gasteiger partial charge in [-0.05, 0) is 19.5 Å². The van der Waals surface area contributed by atoms with Crippen molar-refractivity contribution in [2.75, 3.05) is 26.2 Å². The van der Waals surface area contributed by atoms with E-state index in [0.717, 1.165) is 6.42 Å². The van der Waals surface area contributed by atoms with Crippen molar-refractivity contribution in [2.45, 2.75) is 45.2 Å². The van der Waals surface area contributed by atoms with Crippen LogP contribution in [-0.2, 0) is 0 Å². The Hall–Kier alpha value is -1.28. The Balaban J connectivity index is 3.63. The fourth-order valence-corrected chi connectivity index (χ4v) is 1.26. The van der Waals surface area contributed by atoms with Crippen LogP contribution in [-0.4, -0.2) is 47.1 Å². The molecule has 0 aromatic rings. The van der Waals surface area contributed by atoms with Gasteiger partial charge in [0.05, 0.1) is 13.1 Å². The van der Waals surface area contributed by atoms with E-state index in [1.165, 1.54) is 0 Å². The van der Waals surface area contributed by atoms with Crippen molar-refractivity contribution in [3.8, 4) is 0 Å². The smallest absolute Gasteiger partial charge is 0.228 e. The van der Waals surface area contributed by atoms with Gasteiger partial charge in [0.2, 0.25) is 11.1 Å². The van der Waals surface area contributed by atoms with E-state index in [-0.39, 0.29) is 9.85 Å². The normalized spacial score (nSPS) is 12.4. The van der Waals surface area contributed by atoms with Gasteiger partial charge in [0, 0.05) is 37.5 Å². The molecule has 0 saturated carbocycles. The highest BCUT2D eigenvalue weighted by molar-refractivity contribution is 4.72. The van der Waals surface area contributed by atoms with Crippen molar-refractivity contribution in [2.24, 2.45) is 0 Å². The van der Waals surface area contributed by atoms with Crippen LogP contribution in [0.4, 0.5) is 0 Å². The van der Waals surface area contributed by atoms with Gasteiger partial charge < -0.3 is 10.6 Å². The molecule has 112 valence electrons. The largest absolute Gasteiger partial charge is 0.310 e. The summed E-state index contributed by atoms with van der Waals surface area (Å²) in [7, 11) is 0. The first kappa shape index (κ1) is 17.7. The Kier molecular flexibility index (Phi) is 6.85. The van der Waals surface area contributed by atoms with Crippen LogP contribution in [0.2, 0.25) is 0 Å². The van der Waals surface area contributed by atoms with Gasteiger partial charge in [-0.1, -0.05) is 0 Å². The summed E-state index contributed by atoms with van der Waals surface area (Å²) in [5.74, 6) is 0. The van der Waals surface area contributed by atoms with Crippen LogP contribution in [0.25, 0.3) is 0 Å². The molecule has 0 aromatic carbocycles. The summed E-state index contributed by atoms with van der Waals surface area (Å²) in [6, 6.07) is 0. The van der Waals surface area contributed by atoms with Crippen LogP contribution in [0, 0.1) is 20.2 Å². The zero-order chi connectivity index (χ0) is 15.1. The monoisotopic (exact) mass is 276 g/mol. The molecule has 0 radical (unpaired) electrons. The first-order valence-corrected chi connectivity index (χ1v) is 6.30. The van der Waals surface area contributed by atoms with Crippen LogP contribution in [0.15, 0.2) is 0 Å². The van der Waals surface area contributed by atoms with Gasteiger partial charge in [-0.25, -0.2) is 0 Å². The fourth-order valence-electron chi connectivity index (χ4n) is 1.26. The zero-order valence-corrected chi connectivity index (χ0v) is 12.1. The first-order valence-electron chi connectivity index (χ1n) is 6.30. The zero-order valence-electron chi connectivity index (χ0n) is 12.1. The molecule has 0 heterocycles. The number of nitrogens with one attached hydrogen (secondary N) is 2. The molecular weight excluding hydrogens is 252 g/mol. The van der Waals surface area contributed by atoms with Crippen molar-refractivity contribution >= 4 is 0 Å². The number of nitrogens with zero attached hydrogens (tertiary/aromatic N) is 2. The van der Waals surface area contributed by atoms with E-state index in [1.807, 2.05) is 0 Å². The first-order chi connectivity index (χ1) is 8.59. The number of hydrogen-bond donors (Lipinski definition) is 2. The van der Waals surface area contributed by atoms with E-state index < -0.39 is 11.1 Å². The minimum atomic E-state index is -0.971. The van der Waals surface area contributed by atoms with Gasteiger partial charge in [-0.15, -0.1) is 0 Å². The van der Waals surface area contributed by atoms with Crippen LogP contribution >= 0.6 is 0 Å². The molecule has 0 aliphatic carbocycles. The maximum absolute atomic E-state index is 10.7. The summed E-state index contributed by atoms with van der Waals surface area (Å²) in [6.07, 6.45) is 0.765. The second-order valence-electron chi connectivity index (χ2n) is 5.85. The van der Waals surface area contributed by atoms with Crippen molar-refractivity contribution in [3.05, 3.63) is 20.2 Å². The minimum Gasteiger partial charge on any atom is -0.310 e. The van der Waals surface area contributed by atoms with E-state index in [1.54, 1.807) is 27.7 Å². The second-order valence-corrected chi connectivity index (χ2v) is 5.85. The Morgan fingerprint density at radius 1 is 0.842 bits per heavy atom. The van der Waals surface area contributed by atoms with Crippen LogP contribution in [0.5, 0.6) is 0 Å². The molecule has 0 saturated heterocycles. The fraction of sp³-hybridized carbons (Fsp3) is 1.00. The van der Waals surface area contributed by atoms with Crippen LogP contribution in [0.1, 0.15) is 34.1 Å². The Bertz CT molecular complexity index is 288. The topological polar surface area (TPSA) is 110 Å². The molecule has 0 atom stereocenters. The van der Waals surface area contributed by atoms with E-state index in [2.05, 4.69) is 10.6 Å². The molecule has 0 bridgehead atoms. The molecule has 19 heavy (non-hydrogen) atoms. The standard InChI is InChI=1S/C11H24N4O4/c1-10(2,14(16)17)8-12-6-5-7-13-9-11(3,4)15(18)19/h12-13H,5-9H2,1-4H3. The van der Waals surface area contributed by atoms with Gasteiger partial charge >= 0.3 is 0 Å². The quantitative estimate of drug-likeness (QED) is 0.344. The van der Waals surface area contributed by atoms with E-state index >= 15 is 0 Å². The number of nitro groups is 2. The second kappa shape index (κ2) is 7.34. The molecular formula is C11H24N4O4. The van der Waals surface area contributed by atoms with E-state index in [4.69, 9.17) is 0 Å². The number of hydrogen-bond acceptors (Lipinski definition) is 6. The summed E-state index contributed by atoms with van der Waals surface area (Å²) in [5, 5.41) is 27.3. The lowest BCUT2D eigenvalue weighted by molar-refractivity contribution is -0.558. The maximum atomic E-state index is 10.7. The molecule has 0 unspecified atom stereocenters. The molecule has 8 nitrogen and oxygen atoms in total. The predicted molar refractivity (Wildman–Crippen MR) is 72.5 cm³/mol. The third-order valence-electron chi connectivity index (χ3n) is 2.81. The summed E-state index contributed by atoms with van der Waals surface area (Å²) in [4.78, 5) is 20.7. The highest BCUT2D eigenvalue weighted by Gasteiger charge is 2.30. The summed E-state index contributed by atoms with van der Waals surface area (Å²) < 4.78 is 0. The summed E-state index contributed by atoms with van der Waals surface area (Å²) >= 11 is 0. The average molecular weight is 276 g/mol. The molecule has 0 amide bonds. The Morgan fingerprint density at radius 2 is 1.16 bits per heavy atom. The Morgan fingerprint density at radius 3 is 1.42 bits per heavy atom. The molecule has 8 heteroatoms. The van der Waals surface area contributed by atoms with Gasteiger partial charge in [0.1, 0.15) is 0 Å². The van der Waals surface area contributed by atoms with Crippen LogP contribution < -0.4 is 10.6 Å². The third kappa shape index (κ3) is 7.02. The van der Waals surface area contributed by atoms with Crippen molar-refractivity contribution in [1.82, 2.24) is 10.6 Å². The molecule has 2 N–H and O–H groups in total. The Labute approximate surface area is 113 Å². The van der Waals surface area contributed by atoms with E-state index in [0.29, 0.717) is 26.2 Å². The highest BCUT2D eigenvalue weighted by atomic mass is 16.6. The predicted octanol–water partition coefficient (Wildman–Crippen LogP) is 0.666. The van der Waals surface area contributed by atoms with Gasteiger partial charge in [-0.2, -0.15) is 0 Å². The summed E-state index contributed by atoms with van der Waals surface area (Å²) in [6.45, 7) is 8.17. The van der Waals surface area contributed by atoms with Gasteiger partial charge in [0.25, 0.3) is 0 Å². The minimum absolute atomic E-state index is 0.306. The lowest BCUT2D eigenvalue weighted by Crippen LogP contribution is -2.44. The molecule has 0 fully saturated rings. The van der Waals surface area contributed by atoms with Crippen molar-refractivity contribution in [1.29, 1.82) is 0 Å². The molecule has 0 aromatic heterocycles. The van der Waals surface area contributed by atoms with Crippen LogP contribution in [0.3, 0.4) is 0 Å². The third-order valence-corrected chi connectivity index (χ3v) is 2.81. The molecule has 0 rings (SSSR count). The lowest BCUT2D eigenvalue weighted by atomic mass is 10.1. The van der Waals surface area contributed by atoms with Crippen molar-refractivity contribution in [3.63, 3.8) is 0 Å². The van der Waals surface area contributed by atoms with Gasteiger partial charge in [0.15, 0.2) is 0 Å². The number of rotatable bonds is 10. The van der Waals surface area contributed by atoms with E-state index in [9.17, 15) is 20.2 Å². The SMILES string of the molecule is CC(C)(CNCCCNCC(C)(C)[N+](=O)[O-])[N+](=O)[O-]. The van der Waals surface area contributed by atoms with Crippen molar-refractivity contribution < 1.29 is 9.85 Å². The summed E-state index contributed by atoms with van der Waals surface area (Å²) in [5.41, 5.74) is -1.94. The molecule has 0 aliphatic heterocycles. The van der Waals surface area contributed by atoms with Gasteiger partial charge in [-0.3, -0.25) is 20.2 Å². The highest BCUT2D eigenvalue weighted by Crippen LogP contribution is 2.05. The molecule has 0 aliphatic rings. The molecule has 0 spiro atoms.